The lowest BCUT2D eigenvalue weighted by molar-refractivity contribution is 0.377. The zero-order valence-electron chi connectivity index (χ0n) is 11.1. The molecule has 0 aliphatic rings. The first-order chi connectivity index (χ1) is 8.81. The van der Waals surface area contributed by atoms with Crippen molar-refractivity contribution in [2.24, 2.45) is 0 Å². The fourth-order valence-corrected chi connectivity index (χ4v) is 1.89. The molecule has 0 radical (unpaired) electrons. The molecule has 0 saturated heterocycles. The molecule has 0 spiro atoms. The molecule has 0 amide bonds. The van der Waals surface area contributed by atoms with Gasteiger partial charge in [-0.1, -0.05) is 49.7 Å². The first-order valence-electron chi connectivity index (χ1n) is 6.71. The summed E-state index contributed by atoms with van der Waals surface area (Å²) in [5.74, 6) is 1.48. The van der Waals surface area contributed by atoms with Crippen molar-refractivity contribution in [2.45, 2.75) is 46.0 Å². The number of hydrogen-bond donors (Lipinski definition) is 0. The van der Waals surface area contributed by atoms with Crippen molar-refractivity contribution in [3.05, 3.63) is 47.1 Å². The monoisotopic (exact) mass is 244 g/mol. The molecule has 1 aromatic carbocycles. The van der Waals surface area contributed by atoms with E-state index in [2.05, 4.69) is 41.3 Å². The lowest BCUT2D eigenvalue weighted by Gasteiger charge is -2.01. The van der Waals surface area contributed by atoms with Gasteiger partial charge in [-0.05, 0) is 24.0 Å². The molecule has 0 N–H and O–H groups in total. The summed E-state index contributed by atoms with van der Waals surface area (Å²) in [5.41, 5.74) is 2.64. The van der Waals surface area contributed by atoms with E-state index in [1.54, 1.807) is 0 Å². The Morgan fingerprint density at radius 3 is 2.39 bits per heavy atom. The maximum Gasteiger partial charge on any atom is 0.226 e. The van der Waals surface area contributed by atoms with Gasteiger partial charge in [0.25, 0.3) is 0 Å². The zero-order chi connectivity index (χ0) is 12.8. The van der Waals surface area contributed by atoms with E-state index in [0.717, 1.165) is 18.7 Å². The van der Waals surface area contributed by atoms with Crippen LogP contribution in [-0.2, 0) is 19.3 Å². The van der Waals surface area contributed by atoms with Crippen LogP contribution in [0.5, 0.6) is 0 Å². The third kappa shape index (κ3) is 3.42. The van der Waals surface area contributed by atoms with Crippen molar-refractivity contribution in [1.29, 1.82) is 0 Å². The highest BCUT2D eigenvalue weighted by Gasteiger charge is 2.05. The maximum absolute atomic E-state index is 5.10. The van der Waals surface area contributed by atoms with Gasteiger partial charge in [0, 0.05) is 12.8 Å². The number of nitrogens with zero attached hydrogens (tertiary/aromatic N) is 2. The van der Waals surface area contributed by atoms with Crippen LogP contribution in [0, 0.1) is 0 Å². The maximum atomic E-state index is 5.10. The minimum atomic E-state index is 0.713. The Balaban J connectivity index is 1.97. The van der Waals surface area contributed by atoms with Gasteiger partial charge in [-0.3, -0.25) is 0 Å². The lowest BCUT2D eigenvalue weighted by atomic mass is 10.0. The smallest absolute Gasteiger partial charge is 0.226 e. The van der Waals surface area contributed by atoms with Crippen molar-refractivity contribution in [3.63, 3.8) is 0 Å². The van der Waals surface area contributed by atoms with Gasteiger partial charge in [0.15, 0.2) is 5.82 Å². The van der Waals surface area contributed by atoms with E-state index >= 15 is 0 Å². The van der Waals surface area contributed by atoms with E-state index in [1.165, 1.54) is 30.4 Å². The second-order valence-corrected chi connectivity index (χ2v) is 4.55. The topological polar surface area (TPSA) is 38.9 Å². The van der Waals surface area contributed by atoms with Gasteiger partial charge >= 0.3 is 0 Å². The second kappa shape index (κ2) is 6.34. The molecule has 0 aliphatic carbocycles. The predicted molar refractivity (Wildman–Crippen MR) is 71.5 cm³/mol. The van der Waals surface area contributed by atoms with Crippen LogP contribution in [0.1, 0.15) is 49.5 Å². The number of aryl methyl sites for hydroxylation is 2. The molecular formula is C15H20N2O. The molecule has 3 nitrogen and oxygen atoms in total. The summed E-state index contributed by atoms with van der Waals surface area (Å²) in [6.07, 6.45) is 5.20. The largest absolute Gasteiger partial charge is 0.339 e. The van der Waals surface area contributed by atoms with Crippen molar-refractivity contribution >= 4 is 0 Å². The summed E-state index contributed by atoms with van der Waals surface area (Å²) in [5, 5.41) is 3.97. The third-order valence-electron chi connectivity index (χ3n) is 3.02. The average molecular weight is 244 g/mol. The van der Waals surface area contributed by atoms with Crippen LogP contribution >= 0.6 is 0 Å². The highest BCUT2D eigenvalue weighted by Crippen LogP contribution is 2.11. The van der Waals surface area contributed by atoms with Gasteiger partial charge in [-0.15, -0.1) is 0 Å². The highest BCUT2D eigenvalue weighted by molar-refractivity contribution is 5.24. The minimum absolute atomic E-state index is 0.713. The van der Waals surface area contributed by atoms with E-state index in [4.69, 9.17) is 4.52 Å². The molecule has 0 fully saturated rings. The van der Waals surface area contributed by atoms with Crippen molar-refractivity contribution in [1.82, 2.24) is 10.1 Å². The van der Waals surface area contributed by atoms with Gasteiger partial charge in [0.1, 0.15) is 0 Å². The van der Waals surface area contributed by atoms with Gasteiger partial charge in [-0.2, -0.15) is 4.98 Å². The Morgan fingerprint density at radius 1 is 1.06 bits per heavy atom. The number of aromatic nitrogens is 2. The molecule has 96 valence electrons. The first-order valence-corrected chi connectivity index (χ1v) is 6.71. The normalized spacial score (nSPS) is 10.8. The predicted octanol–water partition coefficient (Wildman–Crippen LogP) is 3.57. The Hall–Kier alpha value is -1.64. The van der Waals surface area contributed by atoms with Crippen LogP contribution in [0.3, 0.4) is 0 Å². The Kier molecular flexibility index (Phi) is 4.51. The summed E-state index contributed by atoms with van der Waals surface area (Å²) in [6.45, 7) is 4.23. The summed E-state index contributed by atoms with van der Waals surface area (Å²) in [6, 6.07) is 8.72. The fraction of sp³-hybridized carbons (Fsp3) is 0.467. The number of benzene rings is 1. The highest BCUT2D eigenvalue weighted by atomic mass is 16.5. The summed E-state index contributed by atoms with van der Waals surface area (Å²) >= 11 is 0. The van der Waals surface area contributed by atoms with E-state index in [9.17, 15) is 0 Å². The SMILES string of the molecule is CCCCc1ccc(Cc2noc(CC)n2)cc1. The molecule has 0 saturated carbocycles. The van der Waals surface area contributed by atoms with Gasteiger partial charge < -0.3 is 4.52 Å². The van der Waals surface area contributed by atoms with Crippen LogP contribution in [-0.4, -0.2) is 10.1 Å². The van der Waals surface area contributed by atoms with Gasteiger partial charge in [-0.25, -0.2) is 0 Å². The quantitative estimate of drug-likeness (QED) is 0.779. The molecule has 1 heterocycles. The molecular weight excluding hydrogens is 224 g/mol. The van der Waals surface area contributed by atoms with E-state index in [1.807, 2.05) is 6.92 Å². The fourth-order valence-electron chi connectivity index (χ4n) is 1.89. The van der Waals surface area contributed by atoms with Gasteiger partial charge in [0.2, 0.25) is 5.89 Å². The molecule has 2 aromatic rings. The Bertz CT molecular complexity index is 473. The van der Waals surface area contributed by atoms with Crippen LogP contribution in [0.25, 0.3) is 0 Å². The Morgan fingerprint density at radius 2 is 1.78 bits per heavy atom. The molecule has 0 aliphatic heterocycles. The molecule has 0 atom stereocenters. The van der Waals surface area contributed by atoms with E-state index in [0.29, 0.717) is 5.89 Å². The number of unbranched alkanes of at least 4 members (excludes halogenated alkanes) is 1. The molecule has 0 unspecified atom stereocenters. The second-order valence-electron chi connectivity index (χ2n) is 4.55. The standard InChI is InChI=1S/C15H20N2O/c1-3-5-6-12-7-9-13(10-8-12)11-14-16-15(4-2)18-17-14/h7-10H,3-6,11H2,1-2H3. The van der Waals surface area contributed by atoms with Crippen LogP contribution < -0.4 is 0 Å². The van der Waals surface area contributed by atoms with Crippen molar-refractivity contribution < 1.29 is 4.52 Å². The average Bonchev–Trinajstić information content (AvgIpc) is 2.86. The first kappa shape index (κ1) is 12.8. The summed E-state index contributed by atoms with van der Waals surface area (Å²) in [4.78, 5) is 4.32. The van der Waals surface area contributed by atoms with E-state index in [-0.39, 0.29) is 0 Å². The van der Waals surface area contributed by atoms with Crippen LogP contribution in [0.2, 0.25) is 0 Å². The lowest BCUT2D eigenvalue weighted by Crippen LogP contribution is -1.92. The summed E-state index contributed by atoms with van der Waals surface area (Å²) in [7, 11) is 0. The molecule has 0 bridgehead atoms. The van der Waals surface area contributed by atoms with Crippen LogP contribution in [0.15, 0.2) is 28.8 Å². The van der Waals surface area contributed by atoms with Gasteiger partial charge in [0.05, 0.1) is 0 Å². The van der Waals surface area contributed by atoms with Crippen molar-refractivity contribution in [3.8, 4) is 0 Å². The van der Waals surface area contributed by atoms with Crippen molar-refractivity contribution in [2.75, 3.05) is 0 Å². The van der Waals surface area contributed by atoms with Crippen LogP contribution in [0.4, 0.5) is 0 Å². The zero-order valence-corrected chi connectivity index (χ0v) is 11.1. The minimum Gasteiger partial charge on any atom is -0.339 e. The molecule has 18 heavy (non-hydrogen) atoms. The molecule has 2 rings (SSSR count). The third-order valence-corrected chi connectivity index (χ3v) is 3.02. The molecule has 1 aromatic heterocycles. The van der Waals surface area contributed by atoms with E-state index < -0.39 is 0 Å². The molecule has 3 heteroatoms. The summed E-state index contributed by atoms with van der Waals surface area (Å²) < 4.78 is 5.10. The Labute approximate surface area is 108 Å². The number of rotatable bonds is 6. The number of hydrogen-bond acceptors (Lipinski definition) is 3.